The second kappa shape index (κ2) is 19.5. The maximum Gasteiger partial charge on any atom is 0.0561 e. The van der Waals surface area contributed by atoms with Crippen molar-refractivity contribution < 1.29 is 0 Å². The Kier molecular flexibility index (Phi) is 12.2. The Balaban J connectivity index is 0.963. The van der Waals surface area contributed by atoms with Gasteiger partial charge in [-0.25, -0.2) is 0 Å². The van der Waals surface area contributed by atoms with Crippen molar-refractivity contribution >= 4 is 73.3 Å². The van der Waals surface area contributed by atoms with Crippen LogP contribution in [0.25, 0.3) is 78.5 Å². The average Bonchev–Trinajstić information content (AvgIpc) is 3.93. The van der Waals surface area contributed by atoms with E-state index in [2.05, 4.69) is 301 Å². The van der Waals surface area contributed by atoms with E-state index in [1.54, 1.807) is 0 Å². The third-order valence-corrected chi connectivity index (χ3v) is 13.5. The van der Waals surface area contributed by atoms with Crippen LogP contribution in [0.5, 0.6) is 0 Å². The third-order valence-electron chi connectivity index (χ3n) is 13.5. The van der Waals surface area contributed by atoms with Gasteiger partial charge in [0.15, 0.2) is 0 Å². The van der Waals surface area contributed by atoms with Crippen LogP contribution in [-0.2, 0) is 0 Å². The second-order valence-corrected chi connectivity index (χ2v) is 17.6. The van der Waals surface area contributed by atoms with Gasteiger partial charge in [0.1, 0.15) is 0 Å². The monoisotopic (exact) mass is 914 g/mol. The summed E-state index contributed by atoms with van der Waals surface area (Å²) >= 11 is 0. The van der Waals surface area contributed by atoms with Gasteiger partial charge >= 0.3 is 0 Å². The highest BCUT2D eigenvalue weighted by atomic mass is 15.2. The molecular formula is C67H54N4. The minimum absolute atomic E-state index is 1.07. The molecule has 0 aliphatic heterocycles. The van der Waals surface area contributed by atoms with E-state index in [4.69, 9.17) is 0 Å². The first-order chi connectivity index (χ1) is 35.1. The molecule has 0 saturated carbocycles. The van der Waals surface area contributed by atoms with Crippen LogP contribution in [-0.4, -0.2) is 9.13 Å². The fourth-order valence-corrected chi connectivity index (χ4v) is 10.4. The summed E-state index contributed by atoms with van der Waals surface area (Å²) in [4.78, 5) is 4.70. The zero-order valence-corrected chi connectivity index (χ0v) is 40.3. The number of allylic oxidation sites excluding steroid dienone is 4. The van der Waals surface area contributed by atoms with Crippen LogP contribution in [0.15, 0.2) is 261 Å². The van der Waals surface area contributed by atoms with E-state index < -0.39 is 0 Å². The maximum absolute atomic E-state index is 4.06. The summed E-state index contributed by atoms with van der Waals surface area (Å²) in [6.07, 6.45) is 12.7. The van der Waals surface area contributed by atoms with Crippen molar-refractivity contribution in [3.63, 3.8) is 0 Å². The number of hydrogen-bond acceptors (Lipinski definition) is 2. The number of benzene rings is 9. The topological polar surface area (TPSA) is 16.3 Å². The molecule has 0 saturated heterocycles. The first-order valence-corrected chi connectivity index (χ1v) is 24.4. The molecule has 71 heavy (non-hydrogen) atoms. The van der Waals surface area contributed by atoms with Crippen LogP contribution < -0.4 is 20.4 Å². The standard InChI is InChI=1S/C67H54N4/c1-5-22-50(7-3)68(56-42-45-63-61-32-20-21-33-65(61)71(67(63)46-56)53-28-16-11-17-29-53)54-38-34-48(35-39-54)58-30-18-19-31-59(58)49-36-40-55(41-37-49)69(51-24-12-9-13-25-51)57-43-44-62-60(23-6-2)64(8-4)70(66(62)47-57)52-26-14-10-15-27-52/h5-47H,2H2,1,3-4H3/b22-5-,50-7+,60-23-,64-8+. The lowest BCUT2D eigenvalue weighted by Crippen LogP contribution is -2.27. The highest BCUT2D eigenvalue weighted by molar-refractivity contribution is 6.10. The van der Waals surface area contributed by atoms with Gasteiger partial charge in [-0.15, -0.1) is 0 Å². The van der Waals surface area contributed by atoms with Gasteiger partial charge in [0.25, 0.3) is 0 Å². The van der Waals surface area contributed by atoms with Crippen molar-refractivity contribution in [2.75, 3.05) is 9.80 Å². The molecule has 0 atom stereocenters. The van der Waals surface area contributed by atoms with E-state index in [1.807, 2.05) is 6.08 Å². The number of aromatic nitrogens is 2. The second-order valence-electron chi connectivity index (χ2n) is 17.6. The van der Waals surface area contributed by atoms with Crippen molar-refractivity contribution in [1.82, 2.24) is 9.13 Å². The molecule has 2 aromatic heterocycles. The summed E-state index contributed by atoms with van der Waals surface area (Å²) in [5.41, 5.74) is 16.9. The average molecular weight is 915 g/mol. The molecular weight excluding hydrogens is 861 g/mol. The van der Waals surface area contributed by atoms with Crippen LogP contribution in [0.3, 0.4) is 0 Å². The molecule has 0 spiro atoms. The number of nitrogens with zero attached hydrogens (tertiary/aromatic N) is 4. The van der Waals surface area contributed by atoms with Crippen molar-refractivity contribution in [3.8, 4) is 33.6 Å². The van der Waals surface area contributed by atoms with E-state index in [0.717, 1.165) is 72.7 Å². The summed E-state index contributed by atoms with van der Waals surface area (Å²) < 4.78 is 4.74. The Labute approximate surface area is 416 Å². The minimum Gasteiger partial charge on any atom is -0.311 e. The molecule has 0 aliphatic carbocycles. The Morgan fingerprint density at radius 1 is 0.437 bits per heavy atom. The first-order valence-electron chi connectivity index (χ1n) is 24.4. The zero-order chi connectivity index (χ0) is 48.3. The fourth-order valence-electron chi connectivity index (χ4n) is 10.4. The van der Waals surface area contributed by atoms with Gasteiger partial charge in [-0.05, 0) is 140 Å². The quantitative estimate of drug-likeness (QED) is 0.114. The lowest BCUT2D eigenvalue weighted by Gasteiger charge is -2.27. The molecule has 4 heteroatoms. The van der Waals surface area contributed by atoms with Gasteiger partial charge < -0.3 is 18.9 Å². The predicted molar refractivity (Wildman–Crippen MR) is 304 cm³/mol. The lowest BCUT2D eigenvalue weighted by molar-refractivity contribution is 1.07. The first kappa shape index (κ1) is 44.4. The van der Waals surface area contributed by atoms with E-state index in [9.17, 15) is 0 Å². The number of rotatable bonds is 12. The van der Waals surface area contributed by atoms with Crippen LogP contribution in [0.4, 0.5) is 28.4 Å². The summed E-state index contributed by atoms with van der Waals surface area (Å²) in [7, 11) is 0. The van der Waals surface area contributed by atoms with Gasteiger partial charge in [0.2, 0.25) is 0 Å². The number of fused-ring (bicyclic) bond motifs is 4. The van der Waals surface area contributed by atoms with Gasteiger partial charge in [0, 0.05) is 72.2 Å². The van der Waals surface area contributed by atoms with Crippen LogP contribution >= 0.6 is 0 Å². The highest BCUT2D eigenvalue weighted by Crippen LogP contribution is 2.41. The summed E-state index contributed by atoms with van der Waals surface area (Å²) in [6.45, 7) is 10.4. The lowest BCUT2D eigenvalue weighted by atomic mass is 9.94. The van der Waals surface area contributed by atoms with Gasteiger partial charge in [-0.1, -0.05) is 170 Å². The predicted octanol–water partition coefficient (Wildman–Crippen LogP) is 16.9. The molecule has 0 unspecified atom stereocenters. The molecule has 11 rings (SSSR count). The smallest absolute Gasteiger partial charge is 0.0561 e. The Morgan fingerprint density at radius 3 is 1.55 bits per heavy atom. The number of para-hydroxylation sites is 4. The molecule has 2 heterocycles. The van der Waals surface area contributed by atoms with Crippen LogP contribution in [0, 0.1) is 0 Å². The van der Waals surface area contributed by atoms with Crippen molar-refractivity contribution in [1.29, 1.82) is 0 Å². The molecule has 4 nitrogen and oxygen atoms in total. The van der Waals surface area contributed by atoms with Gasteiger partial charge in [-0.3, -0.25) is 0 Å². The number of anilines is 5. The molecule has 342 valence electrons. The maximum atomic E-state index is 4.06. The summed E-state index contributed by atoms with van der Waals surface area (Å²) in [6, 6.07) is 81.0. The van der Waals surface area contributed by atoms with Crippen molar-refractivity contribution in [3.05, 3.63) is 272 Å². The van der Waals surface area contributed by atoms with E-state index in [0.29, 0.717) is 0 Å². The summed E-state index contributed by atoms with van der Waals surface area (Å²) in [5.74, 6) is 0. The fraction of sp³-hybridized carbons (Fsp3) is 0.0448. The SMILES string of the molecule is C=C/C=c1\c(=C/C)n(-c2ccccc2)c2cc(N(c3ccccc3)c3ccc(-c4ccccc4-c4ccc(N(C(/C=C\C)=C/C)c5ccc6c7ccccc7n(-c7ccccc7)c6c5)cc4)cc3)ccc12. The van der Waals surface area contributed by atoms with Crippen LogP contribution in [0.2, 0.25) is 0 Å². The third kappa shape index (κ3) is 8.15. The molecule has 0 N–H and O–H groups in total. The molecule has 11 aromatic rings. The summed E-state index contributed by atoms with van der Waals surface area (Å²) in [5, 5.41) is 5.94. The van der Waals surface area contributed by atoms with Gasteiger partial charge in [0.05, 0.1) is 16.6 Å². The van der Waals surface area contributed by atoms with E-state index in [-0.39, 0.29) is 0 Å². The molecule has 0 bridgehead atoms. The van der Waals surface area contributed by atoms with E-state index in [1.165, 1.54) is 38.3 Å². The molecule has 0 amide bonds. The molecule has 0 aliphatic rings. The minimum atomic E-state index is 1.07. The largest absolute Gasteiger partial charge is 0.311 e. The van der Waals surface area contributed by atoms with E-state index >= 15 is 0 Å². The molecule has 9 aromatic carbocycles. The van der Waals surface area contributed by atoms with Crippen molar-refractivity contribution in [2.24, 2.45) is 0 Å². The molecule has 0 fully saturated rings. The zero-order valence-electron chi connectivity index (χ0n) is 40.3. The highest BCUT2D eigenvalue weighted by Gasteiger charge is 2.20. The van der Waals surface area contributed by atoms with Gasteiger partial charge in [-0.2, -0.15) is 0 Å². The van der Waals surface area contributed by atoms with Crippen LogP contribution in [0.1, 0.15) is 20.8 Å². The normalized spacial score (nSPS) is 12.4. The Morgan fingerprint density at radius 2 is 0.930 bits per heavy atom. The van der Waals surface area contributed by atoms with Crippen molar-refractivity contribution in [2.45, 2.75) is 20.8 Å². The Hall–Kier alpha value is -9.12. The number of hydrogen-bond donors (Lipinski definition) is 0. The molecule has 0 radical (unpaired) electrons. The Bertz CT molecular complexity index is 3900.